The number of hydrogen-bond donors (Lipinski definition) is 3. The number of aromatic nitrogens is 1. The minimum absolute atomic E-state index is 0.0218. The number of carbonyl (C=O) groups excluding carboxylic acids is 2. The molecule has 10 heteroatoms. The van der Waals surface area contributed by atoms with E-state index in [0.29, 0.717) is 5.69 Å². The summed E-state index contributed by atoms with van der Waals surface area (Å²) in [5, 5.41) is 0. The molecule has 3 N–H and O–H groups in total. The predicted octanol–water partition coefficient (Wildman–Crippen LogP) is 1.33. The second-order valence-electron chi connectivity index (χ2n) is 5.23. The summed E-state index contributed by atoms with van der Waals surface area (Å²) < 4.78 is 28.6. The van der Waals surface area contributed by atoms with Crippen molar-refractivity contribution in [3.8, 4) is 0 Å². The molecule has 1 heterocycles. The molecule has 2 rings (SSSR count). The van der Waals surface area contributed by atoms with Gasteiger partial charge in [-0.25, -0.2) is 13.1 Å². The molecule has 138 valence electrons. The Kier molecular flexibility index (Phi) is 6.35. The SMILES string of the molecule is C=CCNS(=O)(=O)c1ccc(C(=O)NNC(=O)c2cc(Br)cn2C)cc1. The Morgan fingerprint density at radius 1 is 1.19 bits per heavy atom. The van der Waals surface area contributed by atoms with E-state index in [1.54, 1.807) is 23.9 Å². The van der Waals surface area contributed by atoms with E-state index in [1.807, 2.05) is 0 Å². The number of amides is 2. The molecule has 0 fully saturated rings. The number of hydrazine groups is 1. The summed E-state index contributed by atoms with van der Waals surface area (Å²) in [6, 6.07) is 6.91. The van der Waals surface area contributed by atoms with E-state index in [9.17, 15) is 18.0 Å². The average molecular weight is 441 g/mol. The van der Waals surface area contributed by atoms with Gasteiger partial charge in [-0.15, -0.1) is 6.58 Å². The topological polar surface area (TPSA) is 109 Å². The third-order valence-corrected chi connectivity index (χ3v) is 5.21. The van der Waals surface area contributed by atoms with E-state index in [1.165, 1.54) is 30.3 Å². The summed E-state index contributed by atoms with van der Waals surface area (Å²) in [6.07, 6.45) is 3.13. The van der Waals surface area contributed by atoms with Crippen LogP contribution in [0, 0.1) is 0 Å². The maximum atomic E-state index is 12.1. The highest BCUT2D eigenvalue weighted by atomic mass is 79.9. The van der Waals surface area contributed by atoms with Crippen molar-refractivity contribution in [2.45, 2.75) is 4.90 Å². The van der Waals surface area contributed by atoms with Crippen LogP contribution in [-0.4, -0.2) is 31.3 Å². The number of sulfonamides is 1. The number of carbonyl (C=O) groups is 2. The number of nitrogens with one attached hydrogen (secondary N) is 3. The molecule has 0 aliphatic carbocycles. The Balaban J connectivity index is 2.01. The molecule has 8 nitrogen and oxygen atoms in total. The summed E-state index contributed by atoms with van der Waals surface area (Å²) in [7, 11) is -1.96. The van der Waals surface area contributed by atoms with Gasteiger partial charge in [0, 0.05) is 29.8 Å². The fraction of sp³-hybridized carbons (Fsp3) is 0.125. The Bertz CT molecular complexity index is 936. The van der Waals surface area contributed by atoms with E-state index in [0.717, 1.165) is 4.47 Å². The first-order valence-corrected chi connectivity index (χ1v) is 9.65. The van der Waals surface area contributed by atoms with Crippen molar-refractivity contribution in [2.24, 2.45) is 7.05 Å². The highest BCUT2D eigenvalue weighted by molar-refractivity contribution is 9.10. The number of halogens is 1. The summed E-state index contributed by atoms with van der Waals surface area (Å²) in [4.78, 5) is 24.1. The zero-order valence-electron chi connectivity index (χ0n) is 13.8. The van der Waals surface area contributed by atoms with Gasteiger partial charge in [-0.1, -0.05) is 6.08 Å². The van der Waals surface area contributed by atoms with Gasteiger partial charge in [-0.3, -0.25) is 20.4 Å². The zero-order chi connectivity index (χ0) is 19.3. The fourth-order valence-corrected chi connectivity index (χ4v) is 3.56. The molecule has 0 saturated carbocycles. The van der Waals surface area contributed by atoms with Gasteiger partial charge >= 0.3 is 0 Å². The van der Waals surface area contributed by atoms with Crippen molar-refractivity contribution >= 4 is 37.8 Å². The number of benzene rings is 1. The molecule has 0 aliphatic rings. The molecule has 0 radical (unpaired) electrons. The van der Waals surface area contributed by atoms with Crippen molar-refractivity contribution < 1.29 is 18.0 Å². The van der Waals surface area contributed by atoms with E-state index < -0.39 is 21.8 Å². The lowest BCUT2D eigenvalue weighted by Gasteiger charge is -2.09. The summed E-state index contributed by atoms with van der Waals surface area (Å²) in [6.45, 7) is 3.54. The van der Waals surface area contributed by atoms with Crippen LogP contribution >= 0.6 is 15.9 Å². The number of aryl methyl sites for hydroxylation is 1. The normalized spacial score (nSPS) is 11.0. The van der Waals surface area contributed by atoms with Gasteiger partial charge in [-0.05, 0) is 46.3 Å². The minimum Gasteiger partial charge on any atom is -0.345 e. The standard InChI is InChI=1S/C16H17BrN4O4S/c1-3-8-18-26(24,25)13-6-4-11(5-7-13)15(22)19-20-16(23)14-9-12(17)10-21(14)2/h3-7,9-10,18H,1,8H2,2H3,(H,19,22)(H,20,23). The van der Waals surface area contributed by atoms with Gasteiger partial charge in [0.1, 0.15) is 5.69 Å². The molecule has 2 aromatic rings. The molecule has 1 aromatic carbocycles. The minimum atomic E-state index is -3.66. The monoisotopic (exact) mass is 440 g/mol. The molecule has 2 amide bonds. The molecule has 0 atom stereocenters. The molecule has 26 heavy (non-hydrogen) atoms. The van der Waals surface area contributed by atoms with Crippen LogP contribution in [0.15, 0.2) is 58.6 Å². The lowest BCUT2D eigenvalue weighted by molar-refractivity contribution is 0.0842. The van der Waals surface area contributed by atoms with Crippen LogP contribution in [0.25, 0.3) is 0 Å². The number of rotatable bonds is 6. The van der Waals surface area contributed by atoms with Crippen molar-refractivity contribution in [1.29, 1.82) is 0 Å². The first-order chi connectivity index (χ1) is 12.2. The Morgan fingerprint density at radius 2 is 1.81 bits per heavy atom. The predicted molar refractivity (Wildman–Crippen MR) is 99.9 cm³/mol. The molecule has 0 aliphatic heterocycles. The maximum absolute atomic E-state index is 12.1. The van der Waals surface area contributed by atoms with Crippen molar-refractivity contribution in [1.82, 2.24) is 20.1 Å². The van der Waals surface area contributed by atoms with Gasteiger partial charge in [0.05, 0.1) is 4.90 Å². The molecule has 0 bridgehead atoms. The summed E-state index contributed by atoms with van der Waals surface area (Å²) in [5.74, 6) is -1.06. The molecular formula is C16H17BrN4O4S. The Labute approximate surface area is 159 Å². The highest BCUT2D eigenvalue weighted by Gasteiger charge is 2.15. The quantitative estimate of drug-likeness (QED) is 0.464. The first kappa shape index (κ1) is 19.9. The first-order valence-electron chi connectivity index (χ1n) is 7.38. The van der Waals surface area contributed by atoms with Crippen molar-refractivity contribution in [3.63, 3.8) is 0 Å². The highest BCUT2D eigenvalue weighted by Crippen LogP contribution is 2.13. The molecule has 0 unspecified atom stereocenters. The van der Waals surface area contributed by atoms with Crippen molar-refractivity contribution in [2.75, 3.05) is 6.54 Å². The van der Waals surface area contributed by atoms with E-state index >= 15 is 0 Å². The van der Waals surface area contributed by atoms with Crippen molar-refractivity contribution in [3.05, 3.63) is 64.9 Å². The maximum Gasteiger partial charge on any atom is 0.286 e. The van der Waals surface area contributed by atoms with Crippen LogP contribution < -0.4 is 15.6 Å². The van der Waals surface area contributed by atoms with Gasteiger partial charge in [-0.2, -0.15) is 0 Å². The van der Waals surface area contributed by atoms with Crippen LogP contribution in [-0.2, 0) is 17.1 Å². The van der Waals surface area contributed by atoms with Gasteiger partial charge in [0.15, 0.2) is 0 Å². The van der Waals surface area contributed by atoms with Crippen LogP contribution in [0.2, 0.25) is 0 Å². The van der Waals surface area contributed by atoms with Crippen LogP contribution in [0.4, 0.5) is 0 Å². The summed E-state index contributed by atoms with van der Waals surface area (Å²) in [5.41, 5.74) is 5.13. The smallest absolute Gasteiger partial charge is 0.286 e. The van der Waals surface area contributed by atoms with Crippen LogP contribution in [0.5, 0.6) is 0 Å². The second-order valence-corrected chi connectivity index (χ2v) is 7.91. The van der Waals surface area contributed by atoms with Crippen LogP contribution in [0.3, 0.4) is 0 Å². The third kappa shape index (κ3) is 4.81. The van der Waals surface area contributed by atoms with E-state index in [-0.39, 0.29) is 17.0 Å². The Morgan fingerprint density at radius 3 is 2.35 bits per heavy atom. The molecule has 1 aromatic heterocycles. The average Bonchev–Trinajstić information content (AvgIpc) is 2.96. The molecule has 0 saturated heterocycles. The van der Waals surface area contributed by atoms with E-state index in [2.05, 4.69) is 38.1 Å². The van der Waals surface area contributed by atoms with Crippen LogP contribution in [0.1, 0.15) is 20.8 Å². The van der Waals surface area contributed by atoms with Gasteiger partial charge in [0.2, 0.25) is 10.0 Å². The van der Waals surface area contributed by atoms with E-state index in [4.69, 9.17) is 0 Å². The Hall–Kier alpha value is -2.43. The molecule has 0 spiro atoms. The van der Waals surface area contributed by atoms with Gasteiger partial charge < -0.3 is 4.57 Å². The number of hydrogen-bond acceptors (Lipinski definition) is 4. The lowest BCUT2D eigenvalue weighted by Crippen LogP contribution is -2.42. The third-order valence-electron chi connectivity index (χ3n) is 3.34. The molecular weight excluding hydrogens is 424 g/mol. The largest absolute Gasteiger partial charge is 0.345 e. The van der Waals surface area contributed by atoms with Gasteiger partial charge in [0.25, 0.3) is 11.8 Å². The zero-order valence-corrected chi connectivity index (χ0v) is 16.2. The lowest BCUT2D eigenvalue weighted by atomic mass is 10.2. The fourth-order valence-electron chi connectivity index (χ4n) is 2.04. The summed E-state index contributed by atoms with van der Waals surface area (Å²) >= 11 is 3.26. The number of nitrogens with zero attached hydrogens (tertiary/aromatic N) is 1. The second kappa shape index (κ2) is 8.30.